The van der Waals surface area contributed by atoms with Gasteiger partial charge < -0.3 is 4.74 Å². The quantitative estimate of drug-likeness (QED) is 0.129. The van der Waals surface area contributed by atoms with E-state index < -0.39 is 0 Å². The summed E-state index contributed by atoms with van der Waals surface area (Å²) >= 11 is 1.77. The third-order valence-corrected chi connectivity index (χ3v) is 6.93. The molecular formula is C32H26N2O2S. The Hall–Kier alpha value is -4.35. The molecule has 182 valence electrons. The predicted molar refractivity (Wildman–Crippen MR) is 152 cm³/mol. The molecule has 0 heterocycles. The normalized spacial score (nSPS) is 11.0. The molecule has 0 aliphatic heterocycles. The molecule has 0 bridgehead atoms. The number of hydrazone groups is 1. The lowest BCUT2D eigenvalue weighted by Gasteiger charge is -2.08. The first-order valence-corrected chi connectivity index (χ1v) is 13.0. The number of hydrogen-bond acceptors (Lipinski definition) is 4. The molecular weight excluding hydrogens is 476 g/mol. The number of fused-ring (bicyclic) bond motifs is 1. The van der Waals surface area contributed by atoms with Crippen LogP contribution in [0.15, 0.2) is 131 Å². The summed E-state index contributed by atoms with van der Waals surface area (Å²) in [5, 5.41) is 6.52. The minimum atomic E-state index is -0.242. The number of nitrogens with one attached hydrogen (secondary N) is 1. The molecule has 1 amide bonds. The fourth-order valence-electron chi connectivity index (χ4n) is 3.81. The van der Waals surface area contributed by atoms with Crippen molar-refractivity contribution in [2.45, 2.75) is 17.3 Å². The Kier molecular flexibility index (Phi) is 7.94. The van der Waals surface area contributed by atoms with E-state index in [-0.39, 0.29) is 5.91 Å². The van der Waals surface area contributed by atoms with Gasteiger partial charge in [-0.25, -0.2) is 5.43 Å². The van der Waals surface area contributed by atoms with Crippen molar-refractivity contribution in [3.05, 3.63) is 144 Å². The Bertz CT molecular complexity index is 1500. The molecule has 5 aromatic rings. The van der Waals surface area contributed by atoms with Crippen LogP contribution in [0.2, 0.25) is 0 Å². The fourth-order valence-corrected chi connectivity index (χ4v) is 4.69. The van der Waals surface area contributed by atoms with Gasteiger partial charge in [-0.15, -0.1) is 11.8 Å². The SMILES string of the molecule is O=C(N/N=C\c1ccc(OCc2ccc3ccccc3c2)cc1)c1ccc(CSc2ccccc2)cc1. The summed E-state index contributed by atoms with van der Waals surface area (Å²) in [6.07, 6.45) is 1.62. The molecule has 0 radical (unpaired) electrons. The number of hydrogen-bond donors (Lipinski definition) is 1. The van der Waals surface area contributed by atoms with E-state index in [4.69, 9.17) is 4.74 Å². The maximum atomic E-state index is 12.4. The number of carbonyl (C=O) groups excluding carboxylic acids is 1. The van der Waals surface area contributed by atoms with Crippen LogP contribution in [0.1, 0.15) is 27.0 Å². The lowest BCUT2D eigenvalue weighted by atomic mass is 10.1. The summed E-state index contributed by atoms with van der Waals surface area (Å²) in [5.41, 5.74) is 6.32. The van der Waals surface area contributed by atoms with Crippen molar-refractivity contribution in [1.29, 1.82) is 0 Å². The van der Waals surface area contributed by atoms with Gasteiger partial charge in [-0.3, -0.25) is 4.79 Å². The number of ether oxygens (including phenoxy) is 1. The standard InChI is InChI=1S/C32H26N2O2S/c35-32(28-16-10-25(11-17-28)23-37-31-8-2-1-3-9-31)34-33-21-24-13-18-30(19-14-24)36-22-26-12-15-27-6-4-5-7-29(27)20-26/h1-21H,22-23H2,(H,34,35)/b33-21-. The highest BCUT2D eigenvalue weighted by molar-refractivity contribution is 7.98. The highest BCUT2D eigenvalue weighted by Gasteiger charge is 2.05. The molecule has 0 unspecified atom stereocenters. The summed E-state index contributed by atoms with van der Waals surface area (Å²) in [7, 11) is 0. The van der Waals surface area contributed by atoms with E-state index >= 15 is 0 Å². The molecule has 37 heavy (non-hydrogen) atoms. The van der Waals surface area contributed by atoms with Crippen molar-refractivity contribution < 1.29 is 9.53 Å². The molecule has 5 aromatic carbocycles. The lowest BCUT2D eigenvalue weighted by Crippen LogP contribution is -2.17. The van der Waals surface area contributed by atoms with Gasteiger partial charge in [-0.05, 0) is 82.1 Å². The van der Waals surface area contributed by atoms with Gasteiger partial charge in [-0.1, -0.05) is 66.7 Å². The Balaban J connectivity index is 1.09. The van der Waals surface area contributed by atoms with Crippen LogP contribution >= 0.6 is 11.8 Å². The first-order valence-electron chi connectivity index (χ1n) is 12.0. The average molecular weight is 503 g/mol. The molecule has 0 saturated heterocycles. The summed E-state index contributed by atoms with van der Waals surface area (Å²) in [5.74, 6) is 1.39. The van der Waals surface area contributed by atoms with Gasteiger partial charge >= 0.3 is 0 Å². The minimum absolute atomic E-state index is 0.242. The van der Waals surface area contributed by atoms with Crippen LogP contribution in [0.4, 0.5) is 0 Å². The maximum Gasteiger partial charge on any atom is 0.271 e. The van der Waals surface area contributed by atoms with Crippen LogP contribution in [0.5, 0.6) is 5.75 Å². The molecule has 0 aromatic heterocycles. The summed E-state index contributed by atoms with van der Waals surface area (Å²) in [6, 6.07) is 40.1. The number of carbonyl (C=O) groups is 1. The second kappa shape index (κ2) is 12.1. The predicted octanol–water partition coefficient (Wildman–Crippen LogP) is 7.48. The topological polar surface area (TPSA) is 50.7 Å². The number of rotatable bonds is 9. The van der Waals surface area contributed by atoms with Gasteiger partial charge in [0.2, 0.25) is 0 Å². The van der Waals surface area contributed by atoms with Gasteiger partial charge in [0, 0.05) is 16.2 Å². The van der Waals surface area contributed by atoms with Gasteiger partial charge in [0.05, 0.1) is 6.21 Å². The molecule has 0 saturated carbocycles. The number of nitrogens with zero attached hydrogens (tertiary/aromatic N) is 1. The highest BCUT2D eigenvalue weighted by Crippen LogP contribution is 2.22. The van der Waals surface area contributed by atoms with Crippen LogP contribution in [0.3, 0.4) is 0 Å². The van der Waals surface area contributed by atoms with E-state index in [2.05, 4.69) is 53.0 Å². The van der Waals surface area contributed by atoms with Crippen LogP contribution in [-0.2, 0) is 12.4 Å². The molecule has 0 atom stereocenters. The zero-order valence-corrected chi connectivity index (χ0v) is 21.0. The van der Waals surface area contributed by atoms with Crippen LogP contribution < -0.4 is 10.2 Å². The number of thioether (sulfide) groups is 1. The van der Waals surface area contributed by atoms with Crippen molar-refractivity contribution in [1.82, 2.24) is 5.43 Å². The van der Waals surface area contributed by atoms with Crippen molar-refractivity contribution in [2.24, 2.45) is 5.10 Å². The minimum Gasteiger partial charge on any atom is -0.489 e. The Labute approximate surface area is 221 Å². The molecule has 5 heteroatoms. The van der Waals surface area contributed by atoms with Crippen LogP contribution in [0, 0.1) is 0 Å². The summed E-state index contributed by atoms with van der Waals surface area (Å²) in [6.45, 7) is 0.498. The second-order valence-corrected chi connectivity index (χ2v) is 9.59. The second-order valence-electron chi connectivity index (χ2n) is 8.54. The molecule has 0 fully saturated rings. The third-order valence-electron chi connectivity index (χ3n) is 5.84. The smallest absolute Gasteiger partial charge is 0.271 e. The van der Waals surface area contributed by atoms with Gasteiger partial charge in [0.15, 0.2) is 0 Å². The van der Waals surface area contributed by atoms with Crippen molar-refractivity contribution in [2.75, 3.05) is 0 Å². The largest absolute Gasteiger partial charge is 0.489 e. The monoisotopic (exact) mass is 502 g/mol. The van der Waals surface area contributed by atoms with Gasteiger partial charge in [0.1, 0.15) is 12.4 Å². The zero-order valence-electron chi connectivity index (χ0n) is 20.2. The Morgan fingerprint density at radius 2 is 1.46 bits per heavy atom. The van der Waals surface area contributed by atoms with Crippen LogP contribution in [-0.4, -0.2) is 12.1 Å². The van der Waals surface area contributed by atoms with E-state index in [1.165, 1.54) is 15.7 Å². The molecule has 4 nitrogen and oxygen atoms in total. The number of amides is 1. The molecule has 0 aliphatic carbocycles. The van der Waals surface area contributed by atoms with Gasteiger partial charge in [0.25, 0.3) is 5.91 Å². The van der Waals surface area contributed by atoms with Crippen LogP contribution in [0.25, 0.3) is 10.8 Å². The number of benzene rings is 5. The lowest BCUT2D eigenvalue weighted by molar-refractivity contribution is 0.0955. The summed E-state index contributed by atoms with van der Waals surface area (Å²) in [4.78, 5) is 13.7. The van der Waals surface area contributed by atoms with Gasteiger partial charge in [-0.2, -0.15) is 5.10 Å². The van der Waals surface area contributed by atoms with E-state index in [1.54, 1.807) is 18.0 Å². The maximum absolute atomic E-state index is 12.4. The first-order chi connectivity index (χ1) is 18.2. The Morgan fingerprint density at radius 1 is 0.757 bits per heavy atom. The molecule has 5 rings (SSSR count). The molecule has 1 N–H and O–H groups in total. The fraction of sp³-hybridized carbons (Fsp3) is 0.0625. The molecule has 0 aliphatic rings. The average Bonchev–Trinajstić information content (AvgIpc) is 2.96. The zero-order chi connectivity index (χ0) is 25.3. The Morgan fingerprint density at radius 3 is 2.24 bits per heavy atom. The van der Waals surface area contributed by atoms with E-state index in [9.17, 15) is 4.79 Å². The third kappa shape index (κ3) is 6.87. The van der Waals surface area contributed by atoms with E-state index in [0.717, 1.165) is 28.2 Å². The van der Waals surface area contributed by atoms with E-state index in [0.29, 0.717) is 12.2 Å². The van der Waals surface area contributed by atoms with Crippen molar-refractivity contribution in [3.63, 3.8) is 0 Å². The van der Waals surface area contributed by atoms with Crippen molar-refractivity contribution in [3.8, 4) is 5.75 Å². The van der Waals surface area contributed by atoms with E-state index in [1.807, 2.05) is 78.9 Å². The summed E-state index contributed by atoms with van der Waals surface area (Å²) < 4.78 is 5.93. The van der Waals surface area contributed by atoms with Crippen molar-refractivity contribution >= 4 is 34.7 Å². The first kappa shape index (κ1) is 24.3. The molecule has 0 spiro atoms. The highest BCUT2D eigenvalue weighted by atomic mass is 32.2.